The number of nitrogens with one attached hydrogen (secondary N) is 1. The molecule has 0 heterocycles. The summed E-state index contributed by atoms with van der Waals surface area (Å²) >= 11 is 3.22. The standard InChI is InChI=1S/C12H19BrN2O3S/c1-18-8-4-2-3-7-15-19(16,17)10-5-6-12(14)11(13)9-10/h5-6,9,15H,2-4,7-8,14H2,1H3. The second kappa shape index (κ2) is 7.84. The molecule has 1 aromatic carbocycles. The topological polar surface area (TPSA) is 81.4 Å². The minimum absolute atomic E-state index is 0.213. The summed E-state index contributed by atoms with van der Waals surface area (Å²) in [5, 5.41) is 0. The van der Waals surface area contributed by atoms with E-state index >= 15 is 0 Å². The van der Waals surface area contributed by atoms with E-state index in [9.17, 15) is 8.42 Å². The van der Waals surface area contributed by atoms with Gasteiger partial charge in [0.25, 0.3) is 0 Å². The Morgan fingerprint density at radius 3 is 2.68 bits per heavy atom. The van der Waals surface area contributed by atoms with Gasteiger partial charge >= 0.3 is 0 Å². The number of benzene rings is 1. The maximum atomic E-state index is 12.0. The molecule has 5 nitrogen and oxygen atoms in total. The number of anilines is 1. The Labute approximate surface area is 122 Å². The first kappa shape index (κ1) is 16.4. The van der Waals surface area contributed by atoms with E-state index in [0.717, 1.165) is 19.3 Å². The van der Waals surface area contributed by atoms with E-state index in [1.807, 2.05) is 0 Å². The van der Waals surface area contributed by atoms with Crippen LogP contribution in [0.5, 0.6) is 0 Å². The quantitative estimate of drug-likeness (QED) is 0.555. The highest BCUT2D eigenvalue weighted by molar-refractivity contribution is 9.10. The molecule has 3 N–H and O–H groups in total. The summed E-state index contributed by atoms with van der Waals surface area (Å²) in [6.45, 7) is 1.13. The van der Waals surface area contributed by atoms with Gasteiger partial charge in [0, 0.05) is 30.4 Å². The molecule has 0 radical (unpaired) electrons. The second-order valence-corrected chi connectivity index (χ2v) is 6.76. The molecule has 0 saturated carbocycles. The van der Waals surface area contributed by atoms with E-state index in [1.165, 1.54) is 12.1 Å². The smallest absolute Gasteiger partial charge is 0.240 e. The molecule has 1 rings (SSSR count). The summed E-state index contributed by atoms with van der Waals surface area (Å²) in [5.74, 6) is 0. The zero-order valence-corrected chi connectivity index (χ0v) is 13.3. The Morgan fingerprint density at radius 2 is 2.05 bits per heavy atom. The predicted octanol–water partition coefficient (Wildman–Crippen LogP) is 2.13. The van der Waals surface area contributed by atoms with E-state index in [1.54, 1.807) is 13.2 Å². The number of hydrogen-bond acceptors (Lipinski definition) is 4. The number of rotatable bonds is 8. The molecule has 0 atom stereocenters. The molecule has 19 heavy (non-hydrogen) atoms. The molecular formula is C12H19BrN2O3S. The van der Waals surface area contributed by atoms with Crippen molar-refractivity contribution in [3.8, 4) is 0 Å². The van der Waals surface area contributed by atoms with Crippen LogP contribution in [-0.4, -0.2) is 28.7 Å². The molecule has 0 spiro atoms. The largest absolute Gasteiger partial charge is 0.398 e. The average Bonchev–Trinajstić information content (AvgIpc) is 2.36. The van der Waals surface area contributed by atoms with Gasteiger partial charge in [0.05, 0.1) is 4.90 Å². The van der Waals surface area contributed by atoms with Crippen LogP contribution in [-0.2, 0) is 14.8 Å². The van der Waals surface area contributed by atoms with Crippen LogP contribution in [0.4, 0.5) is 5.69 Å². The van der Waals surface area contributed by atoms with Crippen LogP contribution in [0.1, 0.15) is 19.3 Å². The van der Waals surface area contributed by atoms with Crippen molar-refractivity contribution in [3.05, 3.63) is 22.7 Å². The fourth-order valence-corrected chi connectivity index (χ4v) is 3.14. The maximum Gasteiger partial charge on any atom is 0.240 e. The number of unbranched alkanes of at least 4 members (excludes halogenated alkanes) is 2. The van der Waals surface area contributed by atoms with E-state index in [2.05, 4.69) is 20.7 Å². The Bertz CT molecular complexity index is 506. The van der Waals surface area contributed by atoms with Crippen molar-refractivity contribution in [2.24, 2.45) is 0 Å². The number of ether oxygens (including phenoxy) is 1. The summed E-state index contributed by atoms with van der Waals surface area (Å²) in [6.07, 6.45) is 2.66. The highest BCUT2D eigenvalue weighted by atomic mass is 79.9. The second-order valence-electron chi connectivity index (χ2n) is 4.13. The van der Waals surface area contributed by atoms with Crippen LogP contribution in [0.15, 0.2) is 27.6 Å². The number of nitrogens with two attached hydrogens (primary N) is 1. The Kier molecular flexibility index (Phi) is 6.78. The van der Waals surface area contributed by atoms with Crippen molar-refractivity contribution in [2.75, 3.05) is 26.0 Å². The molecule has 0 unspecified atom stereocenters. The number of nitrogen functional groups attached to an aromatic ring is 1. The van der Waals surface area contributed by atoms with E-state index < -0.39 is 10.0 Å². The van der Waals surface area contributed by atoms with Crippen LogP contribution < -0.4 is 10.5 Å². The Morgan fingerprint density at radius 1 is 1.32 bits per heavy atom. The molecular weight excluding hydrogens is 332 g/mol. The molecule has 0 aromatic heterocycles. The molecule has 108 valence electrons. The third-order valence-electron chi connectivity index (χ3n) is 2.60. The molecule has 0 aliphatic rings. The van der Waals surface area contributed by atoms with Gasteiger partial charge in [-0.15, -0.1) is 0 Å². The van der Waals surface area contributed by atoms with Gasteiger partial charge in [-0.25, -0.2) is 13.1 Å². The van der Waals surface area contributed by atoms with Crippen molar-refractivity contribution >= 4 is 31.6 Å². The number of halogens is 1. The van der Waals surface area contributed by atoms with E-state index in [0.29, 0.717) is 23.3 Å². The Hall–Kier alpha value is -0.630. The molecule has 0 aliphatic heterocycles. The monoisotopic (exact) mass is 350 g/mol. The first-order chi connectivity index (χ1) is 8.97. The zero-order valence-electron chi connectivity index (χ0n) is 10.9. The lowest BCUT2D eigenvalue weighted by molar-refractivity contribution is 0.192. The van der Waals surface area contributed by atoms with Gasteiger partial charge in [0.1, 0.15) is 0 Å². The lowest BCUT2D eigenvalue weighted by Gasteiger charge is -2.08. The molecule has 1 aromatic rings. The number of methoxy groups -OCH3 is 1. The third kappa shape index (κ3) is 5.48. The zero-order chi connectivity index (χ0) is 14.3. The fourth-order valence-electron chi connectivity index (χ4n) is 1.51. The number of sulfonamides is 1. The SMILES string of the molecule is COCCCCCNS(=O)(=O)c1ccc(N)c(Br)c1. The number of hydrogen-bond donors (Lipinski definition) is 2. The fraction of sp³-hybridized carbons (Fsp3) is 0.500. The van der Waals surface area contributed by atoms with Crippen LogP contribution >= 0.6 is 15.9 Å². The van der Waals surface area contributed by atoms with Crippen molar-refractivity contribution < 1.29 is 13.2 Å². The first-order valence-electron chi connectivity index (χ1n) is 6.01. The lowest BCUT2D eigenvalue weighted by atomic mass is 10.2. The molecule has 0 amide bonds. The molecule has 0 fully saturated rings. The minimum atomic E-state index is -3.46. The minimum Gasteiger partial charge on any atom is -0.398 e. The van der Waals surface area contributed by atoms with Gasteiger partial charge in [0.15, 0.2) is 0 Å². The first-order valence-corrected chi connectivity index (χ1v) is 8.28. The molecule has 0 saturated heterocycles. The van der Waals surface area contributed by atoms with Gasteiger partial charge in [-0.2, -0.15) is 0 Å². The summed E-state index contributed by atoms with van der Waals surface area (Å²) in [6, 6.07) is 4.56. The maximum absolute atomic E-state index is 12.0. The van der Waals surface area contributed by atoms with Gasteiger partial charge in [-0.1, -0.05) is 0 Å². The molecule has 7 heteroatoms. The summed E-state index contributed by atoms with van der Waals surface area (Å²) in [4.78, 5) is 0.213. The highest BCUT2D eigenvalue weighted by Gasteiger charge is 2.14. The molecule has 0 aliphatic carbocycles. The van der Waals surface area contributed by atoms with Gasteiger partial charge in [-0.05, 0) is 53.4 Å². The van der Waals surface area contributed by atoms with E-state index in [4.69, 9.17) is 10.5 Å². The van der Waals surface area contributed by atoms with Crippen LogP contribution in [0, 0.1) is 0 Å². The predicted molar refractivity (Wildman–Crippen MR) is 79.5 cm³/mol. The summed E-state index contributed by atoms with van der Waals surface area (Å²) in [7, 11) is -1.80. The van der Waals surface area contributed by atoms with Crippen LogP contribution in [0.25, 0.3) is 0 Å². The van der Waals surface area contributed by atoms with Gasteiger partial charge in [0.2, 0.25) is 10.0 Å². The third-order valence-corrected chi connectivity index (χ3v) is 4.74. The van der Waals surface area contributed by atoms with Crippen molar-refractivity contribution in [3.63, 3.8) is 0 Å². The van der Waals surface area contributed by atoms with E-state index in [-0.39, 0.29) is 4.90 Å². The van der Waals surface area contributed by atoms with Crippen LogP contribution in [0.3, 0.4) is 0 Å². The van der Waals surface area contributed by atoms with Crippen molar-refractivity contribution in [1.82, 2.24) is 4.72 Å². The molecule has 0 bridgehead atoms. The normalized spacial score (nSPS) is 11.7. The summed E-state index contributed by atoms with van der Waals surface area (Å²) in [5.41, 5.74) is 6.14. The van der Waals surface area contributed by atoms with Crippen molar-refractivity contribution in [1.29, 1.82) is 0 Å². The summed E-state index contributed by atoms with van der Waals surface area (Å²) < 4.78 is 32.0. The van der Waals surface area contributed by atoms with Crippen molar-refractivity contribution in [2.45, 2.75) is 24.2 Å². The van der Waals surface area contributed by atoms with Gasteiger partial charge < -0.3 is 10.5 Å². The Balaban J connectivity index is 2.49. The highest BCUT2D eigenvalue weighted by Crippen LogP contribution is 2.22. The lowest BCUT2D eigenvalue weighted by Crippen LogP contribution is -2.24. The van der Waals surface area contributed by atoms with Crippen LogP contribution in [0.2, 0.25) is 0 Å². The van der Waals surface area contributed by atoms with Gasteiger partial charge in [-0.3, -0.25) is 0 Å². The average molecular weight is 351 g/mol.